The predicted molar refractivity (Wildman–Crippen MR) is 75.5 cm³/mol. The number of thiazole rings is 1. The summed E-state index contributed by atoms with van der Waals surface area (Å²) in [5, 5.41) is 6.49. The second-order valence-corrected chi connectivity index (χ2v) is 6.69. The van der Waals surface area contributed by atoms with Crippen LogP contribution in [-0.4, -0.2) is 29.3 Å². The lowest BCUT2D eigenvalue weighted by molar-refractivity contribution is -0.140. The SMILES string of the molecule is CC1(C)CC(NC(=O)NCc2nc(C(F)(F)F)cs2)CCO1. The molecular weight excluding hydrogens is 319 g/mol. The summed E-state index contributed by atoms with van der Waals surface area (Å²) in [6.45, 7) is 4.44. The molecule has 2 heterocycles. The summed E-state index contributed by atoms with van der Waals surface area (Å²) < 4.78 is 42.8. The molecule has 9 heteroatoms. The monoisotopic (exact) mass is 337 g/mol. The molecule has 1 aliphatic rings. The highest BCUT2D eigenvalue weighted by molar-refractivity contribution is 7.09. The summed E-state index contributed by atoms with van der Waals surface area (Å²) in [4.78, 5) is 15.2. The Morgan fingerprint density at radius 2 is 2.27 bits per heavy atom. The zero-order chi connectivity index (χ0) is 16.4. The van der Waals surface area contributed by atoms with Crippen LogP contribution >= 0.6 is 11.3 Å². The van der Waals surface area contributed by atoms with E-state index >= 15 is 0 Å². The van der Waals surface area contributed by atoms with Gasteiger partial charge in [0.15, 0.2) is 5.69 Å². The highest BCUT2D eigenvalue weighted by Gasteiger charge is 2.33. The first-order valence-electron chi connectivity index (χ1n) is 6.86. The number of ether oxygens (including phenoxy) is 1. The summed E-state index contributed by atoms with van der Waals surface area (Å²) in [6.07, 6.45) is -3.05. The van der Waals surface area contributed by atoms with E-state index in [0.717, 1.165) is 16.7 Å². The van der Waals surface area contributed by atoms with E-state index < -0.39 is 17.9 Å². The first-order valence-corrected chi connectivity index (χ1v) is 7.74. The molecule has 1 aliphatic heterocycles. The first kappa shape index (κ1) is 17.0. The normalized spacial score (nSPS) is 21.4. The fourth-order valence-electron chi connectivity index (χ4n) is 2.27. The highest BCUT2D eigenvalue weighted by atomic mass is 32.1. The smallest absolute Gasteiger partial charge is 0.375 e. The second kappa shape index (κ2) is 6.41. The van der Waals surface area contributed by atoms with Crippen LogP contribution in [0.3, 0.4) is 0 Å². The molecule has 5 nitrogen and oxygen atoms in total. The Balaban J connectivity index is 1.79. The lowest BCUT2D eigenvalue weighted by atomic mass is 9.94. The van der Waals surface area contributed by atoms with Gasteiger partial charge in [0, 0.05) is 18.0 Å². The van der Waals surface area contributed by atoms with Gasteiger partial charge in [-0.25, -0.2) is 9.78 Å². The maximum Gasteiger partial charge on any atom is 0.434 e. The number of urea groups is 1. The molecule has 0 bridgehead atoms. The van der Waals surface area contributed by atoms with Crippen molar-refractivity contribution >= 4 is 17.4 Å². The van der Waals surface area contributed by atoms with Crippen molar-refractivity contribution in [2.75, 3.05) is 6.61 Å². The predicted octanol–water partition coefficient (Wildman–Crippen LogP) is 2.92. The molecule has 1 aromatic heterocycles. The van der Waals surface area contributed by atoms with Crippen LogP contribution in [0.5, 0.6) is 0 Å². The maximum absolute atomic E-state index is 12.4. The van der Waals surface area contributed by atoms with Gasteiger partial charge in [0.05, 0.1) is 12.1 Å². The Kier molecular flexibility index (Phi) is 4.96. The maximum atomic E-state index is 12.4. The second-order valence-electron chi connectivity index (χ2n) is 5.75. The molecule has 0 radical (unpaired) electrons. The fraction of sp³-hybridized carbons (Fsp3) is 0.692. The van der Waals surface area contributed by atoms with E-state index in [0.29, 0.717) is 19.4 Å². The van der Waals surface area contributed by atoms with Gasteiger partial charge in [-0.2, -0.15) is 13.2 Å². The van der Waals surface area contributed by atoms with Crippen molar-refractivity contribution < 1.29 is 22.7 Å². The molecule has 0 aliphatic carbocycles. The average Bonchev–Trinajstić information content (AvgIpc) is 2.83. The van der Waals surface area contributed by atoms with Gasteiger partial charge in [0.1, 0.15) is 5.01 Å². The minimum atomic E-state index is -4.45. The van der Waals surface area contributed by atoms with Gasteiger partial charge in [-0.1, -0.05) is 0 Å². The van der Waals surface area contributed by atoms with Gasteiger partial charge in [0.25, 0.3) is 0 Å². The third kappa shape index (κ3) is 4.84. The molecule has 0 spiro atoms. The number of alkyl halides is 3. The third-order valence-corrected chi connectivity index (χ3v) is 4.12. The number of hydrogen-bond acceptors (Lipinski definition) is 4. The van der Waals surface area contributed by atoms with Crippen molar-refractivity contribution in [2.45, 2.75) is 51.1 Å². The minimum Gasteiger partial charge on any atom is -0.375 e. The van der Waals surface area contributed by atoms with Crippen LogP contribution in [0.25, 0.3) is 0 Å². The summed E-state index contributed by atoms with van der Waals surface area (Å²) in [6, 6.07) is -0.419. The Morgan fingerprint density at radius 3 is 2.86 bits per heavy atom. The third-order valence-electron chi connectivity index (χ3n) is 3.27. The fourth-order valence-corrected chi connectivity index (χ4v) is 3.01. The average molecular weight is 337 g/mol. The van der Waals surface area contributed by atoms with E-state index in [2.05, 4.69) is 15.6 Å². The molecule has 1 aromatic rings. The van der Waals surface area contributed by atoms with E-state index in [-0.39, 0.29) is 23.2 Å². The summed E-state index contributed by atoms with van der Waals surface area (Å²) in [7, 11) is 0. The zero-order valence-corrected chi connectivity index (χ0v) is 13.1. The van der Waals surface area contributed by atoms with Crippen LogP contribution in [-0.2, 0) is 17.5 Å². The summed E-state index contributed by atoms with van der Waals surface area (Å²) in [5.41, 5.74) is -1.21. The zero-order valence-electron chi connectivity index (χ0n) is 12.3. The molecule has 124 valence electrons. The number of rotatable bonds is 3. The molecule has 0 saturated carbocycles. The van der Waals surface area contributed by atoms with Crippen LogP contribution in [0.4, 0.5) is 18.0 Å². The highest BCUT2D eigenvalue weighted by Crippen LogP contribution is 2.30. The molecule has 2 N–H and O–H groups in total. The lowest BCUT2D eigenvalue weighted by Crippen LogP contribution is -2.48. The number of carbonyl (C=O) groups excluding carboxylic acids is 1. The van der Waals surface area contributed by atoms with Crippen molar-refractivity contribution in [2.24, 2.45) is 0 Å². The topological polar surface area (TPSA) is 63.2 Å². The Hall–Kier alpha value is -1.35. The van der Waals surface area contributed by atoms with Crippen LogP contribution in [0.15, 0.2) is 5.38 Å². The van der Waals surface area contributed by atoms with Gasteiger partial charge in [-0.3, -0.25) is 0 Å². The van der Waals surface area contributed by atoms with Crippen molar-refractivity contribution in [3.63, 3.8) is 0 Å². The Morgan fingerprint density at radius 1 is 1.55 bits per heavy atom. The standard InChI is InChI=1S/C13H18F3N3O2S/c1-12(2)5-8(3-4-21-12)18-11(20)17-6-10-19-9(7-22-10)13(14,15)16/h7-8H,3-6H2,1-2H3,(H2,17,18,20). The van der Waals surface area contributed by atoms with Gasteiger partial charge in [-0.15, -0.1) is 11.3 Å². The number of carbonyl (C=O) groups is 1. The van der Waals surface area contributed by atoms with Gasteiger partial charge in [0.2, 0.25) is 0 Å². The number of halogens is 3. The molecule has 1 atom stereocenters. The molecule has 1 fully saturated rings. The Bertz CT molecular complexity index is 531. The molecule has 0 aromatic carbocycles. The van der Waals surface area contributed by atoms with Gasteiger partial charge >= 0.3 is 12.2 Å². The number of nitrogens with zero attached hydrogens (tertiary/aromatic N) is 1. The molecule has 22 heavy (non-hydrogen) atoms. The largest absolute Gasteiger partial charge is 0.434 e. The molecule has 2 amide bonds. The summed E-state index contributed by atoms with van der Waals surface area (Å²) in [5.74, 6) is 0. The number of aromatic nitrogens is 1. The molecule has 1 saturated heterocycles. The van der Waals surface area contributed by atoms with Crippen LogP contribution in [0, 0.1) is 0 Å². The van der Waals surface area contributed by atoms with Crippen molar-refractivity contribution in [3.05, 3.63) is 16.1 Å². The van der Waals surface area contributed by atoms with Crippen molar-refractivity contribution in [1.82, 2.24) is 15.6 Å². The van der Waals surface area contributed by atoms with E-state index in [1.807, 2.05) is 13.8 Å². The van der Waals surface area contributed by atoms with E-state index in [9.17, 15) is 18.0 Å². The molecule has 1 unspecified atom stereocenters. The van der Waals surface area contributed by atoms with Crippen LogP contribution in [0.1, 0.15) is 37.4 Å². The lowest BCUT2D eigenvalue weighted by Gasteiger charge is -2.35. The van der Waals surface area contributed by atoms with Gasteiger partial charge in [-0.05, 0) is 26.7 Å². The number of hydrogen-bond donors (Lipinski definition) is 2. The molecule has 2 rings (SSSR count). The Labute approximate surface area is 130 Å². The van der Waals surface area contributed by atoms with E-state index in [1.165, 1.54) is 0 Å². The molecular formula is C13H18F3N3O2S. The van der Waals surface area contributed by atoms with Gasteiger partial charge < -0.3 is 15.4 Å². The number of amides is 2. The minimum absolute atomic E-state index is 0.00854. The van der Waals surface area contributed by atoms with Crippen LogP contribution in [0.2, 0.25) is 0 Å². The van der Waals surface area contributed by atoms with Crippen molar-refractivity contribution in [1.29, 1.82) is 0 Å². The van der Waals surface area contributed by atoms with E-state index in [1.54, 1.807) is 0 Å². The number of nitrogens with one attached hydrogen (secondary N) is 2. The summed E-state index contributed by atoms with van der Waals surface area (Å²) >= 11 is 0.871. The van der Waals surface area contributed by atoms with Crippen molar-refractivity contribution in [3.8, 4) is 0 Å². The first-order chi connectivity index (χ1) is 10.2. The quantitative estimate of drug-likeness (QED) is 0.891. The van der Waals surface area contributed by atoms with Crippen LogP contribution < -0.4 is 10.6 Å². The van der Waals surface area contributed by atoms with E-state index in [4.69, 9.17) is 4.74 Å².